The maximum Gasteiger partial charge on any atom is 0.391 e. The molecule has 0 aromatic carbocycles. The monoisotopic (exact) mass is 182 g/mol. The number of hydrogen-bond donors (Lipinski definition) is 1. The molecule has 0 saturated heterocycles. The van der Waals surface area contributed by atoms with Crippen LogP contribution in [0.25, 0.3) is 0 Å². The van der Waals surface area contributed by atoms with E-state index in [1.165, 1.54) is 0 Å². The fourth-order valence-electron chi connectivity index (χ4n) is 1.63. The molecule has 0 spiro atoms. The summed E-state index contributed by atoms with van der Waals surface area (Å²) in [6, 6.07) is 0. The van der Waals surface area contributed by atoms with Gasteiger partial charge in [0.05, 0.1) is 12.0 Å². The minimum Gasteiger partial charge on any atom is -0.393 e. The summed E-state index contributed by atoms with van der Waals surface area (Å²) in [6.07, 6.45) is -2.98. The van der Waals surface area contributed by atoms with E-state index in [1.54, 1.807) is 0 Å². The fourth-order valence-corrected chi connectivity index (χ4v) is 1.63. The number of aliphatic hydroxyl groups excluding tert-OH is 1. The molecule has 0 aromatic heterocycles. The molecule has 1 nitrogen and oxygen atoms in total. The maximum absolute atomic E-state index is 12.2. The Balaban J connectivity index is 2.52. The first kappa shape index (κ1) is 9.84. The van der Waals surface area contributed by atoms with Gasteiger partial charge in [-0.15, -0.1) is 0 Å². The fraction of sp³-hybridized carbons (Fsp3) is 1.00. The van der Waals surface area contributed by atoms with Crippen LogP contribution in [0, 0.1) is 5.92 Å². The van der Waals surface area contributed by atoms with Crippen molar-refractivity contribution in [3.05, 3.63) is 0 Å². The average Bonchev–Trinajstić information content (AvgIpc) is 2.11. The molecule has 12 heavy (non-hydrogen) atoms. The molecule has 0 amide bonds. The van der Waals surface area contributed by atoms with Gasteiger partial charge in [0.1, 0.15) is 0 Å². The molecule has 1 aliphatic rings. The SMILES string of the molecule is O[C@@H]1CCCC[C@H](C(F)(F)F)C1. The summed E-state index contributed by atoms with van der Waals surface area (Å²) in [6.45, 7) is 0. The van der Waals surface area contributed by atoms with E-state index in [-0.39, 0.29) is 12.8 Å². The van der Waals surface area contributed by atoms with Crippen LogP contribution in [-0.4, -0.2) is 17.4 Å². The van der Waals surface area contributed by atoms with E-state index in [0.29, 0.717) is 19.3 Å². The Labute approximate surface area is 69.6 Å². The second-order valence-corrected chi connectivity index (χ2v) is 3.41. The largest absolute Gasteiger partial charge is 0.393 e. The zero-order valence-corrected chi connectivity index (χ0v) is 6.77. The van der Waals surface area contributed by atoms with E-state index in [9.17, 15) is 13.2 Å². The molecule has 72 valence electrons. The highest BCUT2D eigenvalue weighted by Gasteiger charge is 2.40. The van der Waals surface area contributed by atoms with Crippen LogP contribution in [0.2, 0.25) is 0 Å². The predicted octanol–water partition coefficient (Wildman–Crippen LogP) is 2.49. The van der Waals surface area contributed by atoms with Gasteiger partial charge in [0.25, 0.3) is 0 Å². The van der Waals surface area contributed by atoms with Gasteiger partial charge in [-0.2, -0.15) is 13.2 Å². The minimum atomic E-state index is -4.12. The molecule has 4 heteroatoms. The lowest BCUT2D eigenvalue weighted by atomic mass is 9.99. The third kappa shape index (κ3) is 2.66. The summed E-state index contributed by atoms with van der Waals surface area (Å²) in [4.78, 5) is 0. The van der Waals surface area contributed by atoms with E-state index < -0.39 is 18.2 Å². The Hall–Kier alpha value is -0.250. The molecule has 0 radical (unpaired) electrons. The van der Waals surface area contributed by atoms with E-state index in [4.69, 9.17) is 5.11 Å². The van der Waals surface area contributed by atoms with Gasteiger partial charge in [-0.3, -0.25) is 0 Å². The van der Waals surface area contributed by atoms with Crippen molar-refractivity contribution in [2.45, 2.75) is 44.4 Å². The quantitative estimate of drug-likeness (QED) is 0.570. The molecule has 0 unspecified atom stereocenters. The van der Waals surface area contributed by atoms with Crippen LogP contribution < -0.4 is 0 Å². The zero-order chi connectivity index (χ0) is 9.19. The Morgan fingerprint density at radius 1 is 1.08 bits per heavy atom. The van der Waals surface area contributed by atoms with Gasteiger partial charge in [-0.05, 0) is 19.3 Å². The third-order valence-electron chi connectivity index (χ3n) is 2.36. The highest BCUT2D eigenvalue weighted by molar-refractivity contribution is 4.75. The van der Waals surface area contributed by atoms with Crippen molar-refractivity contribution in [3.63, 3.8) is 0 Å². The molecule has 0 aliphatic heterocycles. The molecule has 1 saturated carbocycles. The Bertz CT molecular complexity index is 144. The van der Waals surface area contributed by atoms with Crippen LogP contribution in [0.4, 0.5) is 13.2 Å². The van der Waals surface area contributed by atoms with E-state index in [2.05, 4.69) is 0 Å². The molecule has 1 N–H and O–H groups in total. The topological polar surface area (TPSA) is 20.2 Å². The average molecular weight is 182 g/mol. The molecule has 0 aromatic rings. The number of alkyl halides is 3. The normalized spacial score (nSPS) is 33.0. The molecule has 2 atom stereocenters. The second-order valence-electron chi connectivity index (χ2n) is 3.41. The molecule has 1 aliphatic carbocycles. The van der Waals surface area contributed by atoms with Gasteiger partial charge in [-0.1, -0.05) is 12.8 Å². The summed E-state index contributed by atoms with van der Waals surface area (Å²) in [5.74, 6) is -1.28. The van der Waals surface area contributed by atoms with Crippen LogP contribution in [0.15, 0.2) is 0 Å². The van der Waals surface area contributed by atoms with Crippen molar-refractivity contribution in [3.8, 4) is 0 Å². The number of halogens is 3. The van der Waals surface area contributed by atoms with Gasteiger partial charge in [0, 0.05) is 0 Å². The van der Waals surface area contributed by atoms with Crippen LogP contribution in [-0.2, 0) is 0 Å². The van der Waals surface area contributed by atoms with E-state index in [1.807, 2.05) is 0 Å². The molecule has 1 fully saturated rings. The van der Waals surface area contributed by atoms with Crippen molar-refractivity contribution >= 4 is 0 Å². The van der Waals surface area contributed by atoms with Crippen LogP contribution in [0.3, 0.4) is 0 Å². The maximum atomic E-state index is 12.2. The van der Waals surface area contributed by atoms with E-state index >= 15 is 0 Å². The van der Waals surface area contributed by atoms with Gasteiger partial charge in [-0.25, -0.2) is 0 Å². The van der Waals surface area contributed by atoms with Crippen molar-refractivity contribution in [2.75, 3.05) is 0 Å². The highest BCUT2D eigenvalue weighted by atomic mass is 19.4. The van der Waals surface area contributed by atoms with Gasteiger partial charge in [0.2, 0.25) is 0 Å². The molecule has 1 rings (SSSR count). The number of hydrogen-bond acceptors (Lipinski definition) is 1. The first-order valence-electron chi connectivity index (χ1n) is 4.25. The molecule has 0 heterocycles. The molecule has 0 bridgehead atoms. The third-order valence-corrected chi connectivity index (χ3v) is 2.36. The van der Waals surface area contributed by atoms with Gasteiger partial charge >= 0.3 is 6.18 Å². The minimum absolute atomic E-state index is 0.108. The lowest BCUT2D eigenvalue weighted by molar-refractivity contribution is -0.182. The second kappa shape index (κ2) is 3.64. The van der Waals surface area contributed by atoms with Crippen molar-refractivity contribution in [2.24, 2.45) is 5.92 Å². The van der Waals surface area contributed by atoms with Crippen molar-refractivity contribution in [1.29, 1.82) is 0 Å². The summed E-state index contributed by atoms with van der Waals surface area (Å²) in [5, 5.41) is 9.12. The smallest absolute Gasteiger partial charge is 0.391 e. The lowest BCUT2D eigenvalue weighted by Crippen LogP contribution is -2.25. The lowest BCUT2D eigenvalue weighted by Gasteiger charge is -2.19. The van der Waals surface area contributed by atoms with Crippen molar-refractivity contribution in [1.82, 2.24) is 0 Å². The highest BCUT2D eigenvalue weighted by Crippen LogP contribution is 2.36. The first-order chi connectivity index (χ1) is 5.50. The Morgan fingerprint density at radius 3 is 2.25 bits per heavy atom. The first-order valence-corrected chi connectivity index (χ1v) is 4.25. The number of aliphatic hydroxyl groups is 1. The summed E-state index contributed by atoms with van der Waals surface area (Å²) in [5.41, 5.74) is 0. The summed E-state index contributed by atoms with van der Waals surface area (Å²) >= 11 is 0. The Kier molecular flexibility index (Phi) is 2.99. The molecular weight excluding hydrogens is 169 g/mol. The van der Waals surface area contributed by atoms with Crippen LogP contribution >= 0.6 is 0 Å². The Morgan fingerprint density at radius 2 is 1.67 bits per heavy atom. The summed E-state index contributed by atoms with van der Waals surface area (Å²) < 4.78 is 36.6. The van der Waals surface area contributed by atoms with E-state index in [0.717, 1.165) is 0 Å². The molecular formula is C8H13F3O. The van der Waals surface area contributed by atoms with Gasteiger partial charge in [0.15, 0.2) is 0 Å². The van der Waals surface area contributed by atoms with Crippen molar-refractivity contribution < 1.29 is 18.3 Å². The predicted molar refractivity (Wildman–Crippen MR) is 38.6 cm³/mol. The van der Waals surface area contributed by atoms with Gasteiger partial charge < -0.3 is 5.11 Å². The van der Waals surface area contributed by atoms with Crippen LogP contribution in [0.1, 0.15) is 32.1 Å². The number of rotatable bonds is 0. The zero-order valence-electron chi connectivity index (χ0n) is 6.77. The van der Waals surface area contributed by atoms with Crippen LogP contribution in [0.5, 0.6) is 0 Å². The standard InChI is InChI=1S/C8H13F3O/c9-8(10,11)6-3-1-2-4-7(12)5-6/h6-7,12H,1-5H2/t6-,7+/m0/s1. The summed E-state index contributed by atoms with van der Waals surface area (Å²) in [7, 11) is 0.